The van der Waals surface area contributed by atoms with E-state index in [9.17, 15) is 18.0 Å². The lowest BCUT2D eigenvalue weighted by molar-refractivity contribution is 0.00278. The van der Waals surface area contributed by atoms with E-state index in [0.717, 1.165) is 6.26 Å². The molecule has 0 unspecified atom stereocenters. The molecule has 0 aromatic carbocycles. The number of alkyl carbamates (subject to hydrolysis) is 1. The largest absolute Gasteiger partial charge is 0.444 e. The number of carbonyl (C=O) groups is 2. The second-order valence-corrected chi connectivity index (χ2v) is 10.9. The number of hydrogen-bond acceptors (Lipinski definition) is 10. The minimum absolute atomic E-state index is 0.0752. The van der Waals surface area contributed by atoms with Gasteiger partial charge < -0.3 is 33.9 Å². The van der Waals surface area contributed by atoms with Gasteiger partial charge in [0.05, 0.1) is 52.5 Å². The predicted octanol–water partition coefficient (Wildman–Crippen LogP) is 1.77. The maximum absolute atomic E-state index is 12.4. The van der Waals surface area contributed by atoms with Crippen LogP contribution >= 0.6 is 0 Å². The van der Waals surface area contributed by atoms with Crippen LogP contribution in [0, 0.1) is 0 Å². The second-order valence-electron chi connectivity index (χ2n) is 9.26. The topological polar surface area (TPSA) is 139 Å². The van der Waals surface area contributed by atoms with Gasteiger partial charge in [0.15, 0.2) is 0 Å². The van der Waals surface area contributed by atoms with Crippen molar-refractivity contribution in [1.29, 1.82) is 0 Å². The van der Waals surface area contributed by atoms with Gasteiger partial charge in [-0.05, 0) is 41.5 Å². The van der Waals surface area contributed by atoms with Gasteiger partial charge in [-0.15, -0.1) is 0 Å². The van der Waals surface area contributed by atoms with Gasteiger partial charge in [-0.2, -0.15) is 8.42 Å². The van der Waals surface area contributed by atoms with Crippen molar-refractivity contribution in [3.05, 3.63) is 0 Å². The Kier molecular flexibility index (Phi) is 15.3. The van der Waals surface area contributed by atoms with Gasteiger partial charge in [-0.1, -0.05) is 0 Å². The van der Waals surface area contributed by atoms with Crippen LogP contribution in [0.3, 0.4) is 0 Å². The van der Waals surface area contributed by atoms with Crippen molar-refractivity contribution < 1.29 is 45.9 Å². The summed E-state index contributed by atoms with van der Waals surface area (Å²) in [6.07, 6.45) is -0.0403. The average molecular weight is 515 g/mol. The van der Waals surface area contributed by atoms with Crippen molar-refractivity contribution in [3.63, 3.8) is 0 Å². The molecule has 0 spiro atoms. The highest BCUT2D eigenvalue weighted by Crippen LogP contribution is 2.10. The van der Waals surface area contributed by atoms with E-state index in [2.05, 4.69) is 9.50 Å². The first-order valence-corrected chi connectivity index (χ1v) is 12.9. The van der Waals surface area contributed by atoms with Gasteiger partial charge >= 0.3 is 12.2 Å². The van der Waals surface area contributed by atoms with E-state index < -0.39 is 33.5 Å². The Morgan fingerprint density at radius 2 is 1.21 bits per heavy atom. The van der Waals surface area contributed by atoms with Gasteiger partial charge in [0.1, 0.15) is 11.2 Å². The molecular formula is C21H42N2O10S. The zero-order valence-electron chi connectivity index (χ0n) is 21.5. The molecule has 0 rings (SSSR count). The van der Waals surface area contributed by atoms with Gasteiger partial charge in [0, 0.05) is 19.6 Å². The molecule has 0 radical (unpaired) electrons. The minimum atomic E-state index is -3.51. The van der Waals surface area contributed by atoms with Crippen LogP contribution in [-0.4, -0.2) is 109 Å². The summed E-state index contributed by atoms with van der Waals surface area (Å²) < 4.78 is 53.2. The molecule has 0 aromatic heterocycles. The lowest BCUT2D eigenvalue weighted by atomic mass is 10.2. The molecule has 2 amide bonds. The van der Waals surface area contributed by atoms with Crippen LogP contribution in [0.15, 0.2) is 0 Å². The zero-order valence-corrected chi connectivity index (χ0v) is 22.3. The smallest absolute Gasteiger partial charge is 0.410 e. The first-order chi connectivity index (χ1) is 15.6. The Morgan fingerprint density at radius 3 is 1.68 bits per heavy atom. The maximum atomic E-state index is 12.4. The van der Waals surface area contributed by atoms with E-state index in [1.165, 1.54) is 4.90 Å². The van der Waals surface area contributed by atoms with Crippen LogP contribution in [0.1, 0.15) is 41.5 Å². The molecule has 0 aliphatic rings. The zero-order chi connectivity index (χ0) is 26.3. The molecule has 1 N–H and O–H groups in total. The summed E-state index contributed by atoms with van der Waals surface area (Å²) in [5.74, 6) is 0. The molecule has 0 bridgehead atoms. The highest BCUT2D eigenvalue weighted by Gasteiger charge is 2.22. The Hall–Kier alpha value is -1.67. The number of carbonyl (C=O) groups excluding carboxylic acids is 2. The molecule has 0 aromatic rings. The highest BCUT2D eigenvalue weighted by molar-refractivity contribution is 7.85. The number of hydrogen-bond donors (Lipinski definition) is 1. The molecule has 12 nitrogen and oxygen atoms in total. The summed E-state index contributed by atoms with van der Waals surface area (Å²) in [5, 5.41) is 2.59. The number of rotatable bonds is 16. The molecule has 0 fully saturated rings. The summed E-state index contributed by atoms with van der Waals surface area (Å²) in [7, 11) is -3.51. The molecule has 34 heavy (non-hydrogen) atoms. The highest BCUT2D eigenvalue weighted by atomic mass is 32.2. The van der Waals surface area contributed by atoms with Crippen LogP contribution in [0.4, 0.5) is 9.59 Å². The fourth-order valence-corrected chi connectivity index (χ4v) is 2.55. The quantitative estimate of drug-likeness (QED) is 0.239. The molecule has 0 aliphatic heterocycles. The Balaban J connectivity index is 4.11. The number of nitrogens with one attached hydrogen (secondary N) is 1. The number of ether oxygens (including phenoxy) is 5. The van der Waals surface area contributed by atoms with E-state index in [-0.39, 0.29) is 39.5 Å². The van der Waals surface area contributed by atoms with E-state index in [1.54, 1.807) is 41.5 Å². The molecule has 0 saturated carbocycles. The van der Waals surface area contributed by atoms with Crippen LogP contribution < -0.4 is 5.32 Å². The third-order valence-corrected chi connectivity index (χ3v) is 4.07. The number of nitrogens with zero attached hydrogens (tertiary/aromatic N) is 1. The van der Waals surface area contributed by atoms with Gasteiger partial charge in [-0.3, -0.25) is 4.18 Å². The molecule has 0 saturated heterocycles. The predicted molar refractivity (Wildman–Crippen MR) is 125 cm³/mol. The van der Waals surface area contributed by atoms with Gasteiger partial charge in [0.25, 0.3) is 10.1 Å². The van der Waals surface area contributed by atoms with Crippen molar-refractivity contribution >= 4 is 22.3 Å². The van der Waals surface area contributed by atoms with Crippen LogP contribution in [0.5, 0.6) is 0 Å². The maximum Gasteiger partial charge on any atom is 0.410 e. The van der Waals surface area contributed by atoms with Crippen molar-refractivity contribution in [2.24, 2.45) is 0 Å². The van der Waals surface area contributed by atoms with Crippen molar-refractivity contribution in [2.45, 2.75) is 52.7 Å². The first-order valence-electron chi connectivity index (χ1n) is 11.1. The molecule has 0 atom stereocenters. The fourth-order valence-electron chi connectivity index (χ4n) is 2.18. The third kappa shape index (κ3) is 22.1. The summed E-state index contributed by atoms with van der Waals surface area (Å²) in [4.78, 5) is 25.4. The third-order valence-electron chi connectivity index (χ3n) is 3.47. The Labute approximate surface area is 203 Å². The number of amides is 2. The minimum Gasteiger partial charge on any atom is -0.444 e. The molecular weight excluding hydrogens is 472 g/mol. The Morgan fingerprint density at radius 1 is 0.735 bits per heavy atom. The lowest BCUT2D eigenvalue weighted by Crippen LogP contribution is -2.40. The average Bonchev–Trinajstić information content (AvgIpc) is 2.63. The summed E-state index contributed by atoms with van der Waals surface area (Å²) >= 11 is 0. The summed E-state index contributed by atoms with van der Waals surface area (Å²) in [6.45, 7) is 12.9. The van der Waals surface area contributed by atoms with Crippen molar-refractivity contribution in [2.75, 3.05) is 72.1 Å². The van der Waals surface area contributed by atoms with Crippen molar-refractivity contribution in [1.82, 2.24) is 10.2 Å². The van der Waals surface area contributed by atoms with Crippen molar-refractivity contribution in [3.8, 4) is 0 Å². The lowest BCUT2D eigenvalue weighted by Gasteiger charge is -2.27. The van der Waals surface area contributed by atoms with E-state index >= 15 is 0 Å². The molecule has 202 valence electrons. The van der Waals surface area contributed by atoms with E-state index in [0.29, 0.717) is 26.4 Å². The van der Waals surface area contributed by atoms with Gasteiger partial charge in [0.2, 0.25) is 0 Å². The molecule has 0 aliphatic carbocycles. The van der Waals surface area contributed by atoms with Crippen LogP contribution in [-0.2, 0) is 38.0 Å². The first kappa shape index (κ1) is 32.3. The standard InChI is InChI=1S/C21H42N2O10S/c1-20(2,3)32-18(24)22-8-11-28-14-15-29-12-9-23(19(25)33-21(4,5)6)10-13-30-16-17-31-34(7,26)27/h8-17H2,1-7H3,(H,22,24). The summed E-state index contributed by atoms with van der Waals surface area (Å²) in [6, 6.07) is 0. The normalized spacial score (nSPS) is 12.3. The van der Waals surface area contributed by atoms with E-state index in [4.69, 9.17) is 23.7 Å². The van der Waals surface area contributed by atoms with Crippen LogP contribution in [0.25, 0.3) is 0 Å². The molecule has 13 heteroatoms. The monoisotopic (exact) mass is 514 g/mol. The summed E-state index contributed by atoms with van der Waals surface area (Å²) in [5.41, 5.74) is -1.20. The molecule has 0 heterocycles. The fraction of sp³-hybridized carbons (Fsp3) is 0.905. The SMILES string of the molecule is CC(C)(C)OC(=O)NCCOCCOCCN(CCOCCOS(C)(=O)=O)C(=O)OC(C)(C)C. The van der Waals surface area contributed by atoms with E-state index in [1.807, 2.05) is 0 Å². The van der Waals surface area contributed by atoms with Crippen LogP contribution in [0.2, 0.25) is 0 Å². The second kappa shape index (κ2) is 16.1. The van der Waals surface area contributed by atoms with Gasteiger partial charge in [-0.25, -0.2) is 9.59 Å². The Bertz CT molecular complexity index is 687.